The fourth-order valence-corrected chi connectivity index (χ4v) is 5.30. The Labute approximate surface area is 164 Å². The lowest BCUT2D eigenvalue weighted by Gasteiger charge is -2.43. The van der Waals surface area contributed by atoms with Crippen molar-refractivity contribution < 1.29 is 9.53 Å². The summed E-state index contributed by atoms with van der Waals surface area (Å²) in [6, 6.07) is 10.1. The highest BCUT2D eigenvalue weighted by Gasteiger charge is 2.40. The first-order valence-corrected chi connectivity index (χ1v) is 10.7. The summed E-state index contributed by atoms with van der Waals surface area (Å²) < 4.78 is 7.32. The molecule has 0 radical (unpaired) electrons. The van der Waals surface area contributed by atoms with Gasteiger partial charge in [0.2, 0.25) is 0 Å². The van der Waals surface area contributed by atoms with Crippen LogP contribution < -0.4 is 5.32 Å². The van der Waals surface area contributed by atoms with Crippen LogP contribution in [0.4, 0.5) is 0 Å². The normalized spacial score (nSPS) is 23.4. The smallest absolute Gasteiger partial charge is 0.254 e. The summed E-state index contributed by atoms with van der Waals surface area (Å²) in [5, 5.41) is 7.51. The molecule has 1 aromatic heterocycles. The van der Waals surface area contributed by atoms with E-state index in [9.17, 15) is 4.79 Å². The fraction of sp³-hybridized carbons (Fsp3) is 0.500. The quantitative estimate of drug-likeness (QED) is 0.821. The Bertz CT molecular complexity index is 752. The van der Waals surface area contributed by atoms with Gasteiger partial charge in [0.25, 0.3) is 5.91 Å². The highest BCUT2D eigenvalue weighted by atomic mass is 32.2. The van der Waals surface area contributed by atoms with E-state index < -0.39 is 0 Å². The largest absolute Gasteiger partial charge is 0.379 e. The molecule has 1 aromatic carbocycles. The maximum Gasteiger partial charge on any atom is 0.254 e. The Morgan fingerprint density at radius 3 is 2.81 bits per heavy atom. The van der Waals surface area contributed by atoms with Crippen LogP contribution in [0.5, 0.6) is 0 Å². The lowest BCUT2D eigenvalue weighted by Crippen LogP contribution is -2.59. The molecule has 0 saturated carbocycles. The van der Waals surface area contributed by atoms with Gasteiger partial charge < -0.3 is 10.1 Å². The van der Waals surface area contributed by atoms with E-state index in [2.05, 4.69) is 27.4 Å². The zero-order chi connectivity index (χ0) is 18.5. The molecule has 1 N–H and O–H groups in total. The van der Waals surface area contributed by atoms with Crippen LogP contribution >= 0.6 is 11.8 Å². The van der Waals surface area contributed by atoms with E-state index in [0.717, 1.165) is 44.2 Å². The zero-order valence-corrected chi connectivity index (χ0v) is 16.3. The molecule has 2 aromatic rings. The molecule has 4 rings (SSSR count). The predicted octanol–water partition coefficient (Wildman–Crippen LogP) is 1.87. The molecule has 7 heteroatoms. The van der Waals surface area contributed by atoms with Gasteiger partial charge in [0.15, 0.2) is 0 Å². The number of morpholine rings is 1. The highest BCUT2D eigenvalue weighted by molar-refractivity contribution is 7.99. The zero-order valence-electron chi connectivity index (χ0n) is 15.5. The maximum atomic E-state index is 12.7. The van der Waals surface area contributed by atoms with E-state index in [1.165, 1.54) is 5.56 Å². The van der Waals surface area contributed by atoms with Gasteiger partial charge in [-0.2, -0.15) is 16.9 Å². The molecule has 1 amide bonds. The van der Waals surface area contributed by atoms with Crippen LogP contribution in [0.2, 0.25) is 0 Å². The minimum Gasteiger partial charge on any atom is -0.379 e. The molecular formula is C20H26N4O2S. The number of carbonyl (C=O) groups is 1. The van der Waals surface area contributed by atoms with Gasteiger partial charge in [-0.25, -0.2) is 0 Å². The average molecular weight is 387 g/mol. The van der Waals surface area contributed by atoms with Crippen LogP contribution in [0.3, 0.4) is 0 Å². The van der Waals surface area contributed by atoms with Crippen molar-refractivity contribution >= 4 is 17.7 Å². The number of aromatic nitrogens is 2. The molecule has 6 nitrogen and oxygen atoms in total. The monoisotopic (exact) mass is 386 g/mol. The Morgan fingerprint density at radius 2 is 2.07 bits per heavy atom. The molecular weight excluding hydrogens is 360 g/mol. The van der Waals surface area contributed by atoms with Crippen molar-refractivity contribution in [3.05, 3.63) is 53.9 Å². The number of ether oxygens (including phenoxy) is 1. The number of nitrogens with zero attached hydrogens (tertiary/aromatic N) is 3. The second kappa shape index (κ2) is 8.46. The number of hydrogen-bond acceptors (Lipinski definition) is 5. The summed E-state index contributed by atoms with van der Waals surface area (Å²) in [5.41, 5.74) is 1.85. The van der Waals surface area contributed by atoms with Crippen molar-refractivity contribution in [2.24, 2.45) is 0 Å². The van der Waals surface area contributed by atoms with Crippen LogP contribution in [0.1, 0.15) is 22.3 Å². The Kier molecular flexibility index (Phi) is 5.80. The first-order chi connectivity index (χ1) is 13.3. The molecule has 27 heavy (non-hydrogen) atoms. The second-order valence-electron chi connectivity index (χ2n) is 7.22. The molecule has 2 aliphatic rings. The van der Waals surface area contributed by atoms with Crippen molar-refractivity contribution in [1.82, 2.24) is 20.0 Å². The number of rotatable bonds is 6. The Balaban J connectivity index is 1.37. The summed E-state index contributed by atoms with van der Waals surface area (Å²) in [5.74, 6) is 2.18. The van der Waals surface area contributed by atoms with Crippen molar-refractivity contribution in [3.8, 4) is 0 Å². The number of nitrogens with one attached hydrogen (secondary N) is 1. The molecule has 0 spiro atoms. The first-order valence-electron chi connectivity index (χ1n) is 9.50. The van der Waals surface area contributed by atoms with E-state index in [4.69, 9.17) is 4.74 Å². The molecule has 144 valence electrons. The summed E-state index contributed by atoms with van der Waals surface area (Å²) in [6.45, 7) is 4.82. The summed E-state index contributed by atoms with van der Waals surface area (Å²) in [6.07, 6.45) is 4.60. The molecule has 0 bridgehead atoms. The minimum absolute atomic E-state index is 0.0427. The van der Waals surface area contributed by atoms with Crippen LogP contribution in [-0.4, -0.2) is 70.5 Å². The van der Waals surface area contributed by atoms with Gasteiger partial charge in [0.05, 0.1) is 31.5 Å². The molecule has 1 unspecified atom stereocenters. The summed E-state index contributed by atoms with van der Waals surface area (Å²) in [7, 11) is 0. The van der Waals surface area contributed by atoms with Gasteiger partial charge in [-0.1, -0.05) is 30.3 Å². The van der Waals surface area contributed by atoms with E-state index in [-0.39, 0.29) is 11.4 Å². The van der Waals surface area contributed by atoms with Crippen LogP contribution in [0, 0.1) is 0 Å². The lowest BCUT2D eigenvalue weighted by atomic mass is 9.95. The van der Waals surface area contributed by atoms with Crippen molar-refractivity contribution in [2.75, 3.05) is 44.4 Å². The average Bonchev–Trinajstić information content (AvgIpc) is 3.38. The molecule has 3 heterocycles. The minimum atomic E-state index is -0.0427. The molecule has 2 saturated heterocycles. The highest BCUT2D eigenvalue weighted by Crippen LogP contribution is 2.33. The van der Waals surface area contributed by atoms with Gasteiger partial charge >= 0.3 is 0 Å². The van der Waals surface area contributed by atoms with Crippen molar-refractivity contribution in [1.29, 1.82) is 0 Å². The number of benzene rings is 1. The SMILES string of the molecule is O=C(NCC1(N2CCOCC2)CCSC1)c1cnn(Cc2ccccc2)c1. The van der Waals surface area contributed by atoms with Gasteiger partial charge in [0.1, 0.15) is 0 Å². The third-order valence-electron chi connectivity index (χ3n) is 5.43. The van der Waals surface area contributed by atoms with E-state index in [0.29, 0.717) is 18.7 Å². The van der Waals surface area contributed by atoms with Crippen LogP contribution in [-0.2, 0) is 11.3 Å². The number of carbonyl (C=O) groups excluding carboxylic acids is 1. The number of thioether (sulfide) groups is 1. The van der Waals surface area contributed by atoms with Crippen molar-refractivity contribution in [2.45, 2.75) is 18.5 Å². The van der Waals surface area contributed by atoms with E-state index in [1.54, 1.807) is 6.20 Å². The molecule has 2 aliphatic heterocycles. The van der Waals surface area contributed by atoms with Gasteiger partial charge in [-0.15, -0.1) is 0 Å². The van der Waals surface area contributed by atoms with Crippen LogP contribution in [0.15, 0.2) is 42.7 Å². The topological polar surface area (TPSA) is 59.4 Å². The summed E-state index contributed by atoms with van der Waals surface area (Å²) in [4.78, 5) is 15.2. The third kappa shape index (κ3) is 4.36. The van der Waals surface area contributed by atoms with E-state index >= 15 is 0 Å². The molecule has 2 fully saturated rings. The number of hydrogen-bond donors (Lipinski definition) is 1. The predicted molar refractivity (Wildman–Crippen MR) is 107 cm³/mol. The first kappa shape index (κ1) is 18.5. The third-order valence-corrected chi connectivity index (χ3v) is 6.66. The fourth-order valence-electron chi connectivity index (χ4n) is 3.82. The molecule has 1 atom stereocenters. The van der Waals surface area contributed by atoms with Gasteiger partial charge in [-0.05, 0) is 17.7 Å². The van der Waals surface area contributed by atoms with Crippen LogP contribution in [0.25, 0.3) is 0 Å². The lowest BCUT2D eigenvalue weighted by molar-refractivity contribution is -0.0129. The molecule has 0 aliphatic carbocycles. The number of amides is 1. The second-order valence-corrected chi connectivity index (χ2v) is 8.33. The standard InChI is InChI=1S/C20H26N4O2S/c25-19(18-12-22-24(14-18)13-17-4-2-1-3-5-17)21-15-20(6-11-27-16-20)23-7-9-26-10-8-23/h1-5,12,14H,6-11,13,15-16H2,(H,21,25). The van der Waals surface area contributed by atoms with Gasteiger partial charge in [0, 0.05) is 37.1 Å². The Morgan fingerprint density at radius 1 is 1.26 bits per heavy atom. The maximum absolute atomic E-state index is 12.7. The Hall–Kier alpha value is -1.83. The van der Waals surface area contributed by atoms with E-state index in [1.807, 2.05) is 40.8 Å². The van der Waals surface area contributed by atoms with Crippen molar-refractivity contribution in [3.63, 3.8) is 0 Å². The summed E-state index contributed by atoms with van der Waals surface area (Å²) >= 11 is 1.98. The van der Waals surface area contributed by atoms with Gasteiger partial charge in [-0.3, -0.25) is 14.4 Å².